The van der Waals surface area contributed by atoms with Crippen molar-refractivity contribution in [3.05, 3.63) is 101 Å². The van der Waals surface area contributed by atoms with Crippen LogP contribution in [0.2, 0.25) is 5.02 Å². The molecule has 5 nitrogen and oxygen atoms in total. The summed E-state index contributed by atoms with van der Waals surface area (Å²) in [5.74, 6) is -0.457. The number of nitrogens with zero attached hydrogens (tertiary/aromatic N) is 2. The fourth-order valence-corrected chi connectivity index (χ4v) is 4.74. The third kappa shape index (κ3) is 4.13. The summed E-state index contributed by atoms with van der Waals surface area (Å²) in [6.07, 6.45) is 1.82. The van der Waals surface area contributed by atoms with E-state index in [0.29, 0.717) is 25.6 Å². The van der Waals surface area contributed by atoms with Crippen LogP contribution in [0.25, 0.3) is 6.08 Å². The van der Waals surface area contributed by atoms with Crippen molar-refractivity contribution in [1.82, 2.24) is 4.57 Å². The maximum absolute atomic E-state index is 13.4. The van der Waals surface area contributed by atoms with Gasteiger partial charge in [-0.2, -0.15) is 0 Å². The predicted molar refractivity (Wildman–Crippen MR) is 123 cm³/mol. The quantitative estimate of drug-likeness (QED) is 0.566. The number of fused-ring (bicyclic) bond motifs is 1. The molecule has 1 aliphatic rings. The SMILES string of the molecule is CCOC(=O)C1=C(C)N=c2s/c(=C\c3ccc(Cl)cc3)c(=O)n2C1c1ccc(C)cc1. The molecule has 2 aromatic carbocycles. The molecule has 3 aromatic rings. The van der Waals surface area contributed by atoms with Crippen molar-refractivity contribution in [3.63, 3.8) is 0 Å². The summed E-state index contributed by atoms with van der Waals surface area (Å²) in [5, 5.41) is 0.632. The number of hydrogen-bond acceptors (Lipinski definition) is 5. The third-order valence-corrected chi connectivity index (χ3v) is 6.31. The van der Waals surface area contributed by atoms with E-state index in [4.69, 9.17) is 16.3 Å². The van der Waals surface area contributed by atoms with Crippen LogP contribution >= 0.6 is 22.9 Å². The first kappa shape index (κ1) is 21.3. The Morgan fingerprint density at radius 3 is 2.48 bits per heavy atom. The fraction of sp³-hybridized carbons (Fsp3) is 0.208. The highest BCUT2D eigenvalue weighted by Gasteiger charge is 2.33. The highest BCUT2D eigenvalue weighted by Crippen LogP contribution is 2.30. The molecule has 0 saturated carbocycles. The summed E-state index contributed by atoms with van der Waals surface area (Å²) in [6, 6.07) is 14.5. The Balaban J connectivity index is 1.94. The summed E-state index contributed by atoms with van der Waals surface area (Å²) in [7, 11) is 0. The van der Waals surface area contributed by atoms with E-state index in [1.165, 1.54) is 11.3 Å². The van der Waals surface area contributed by atoms with Gasteiger partial charge in [-0.3, -0.25) is 9.36 Å². The number of thiazole rings is 1. The Morgan fingerprint density at radius 2 is 1.84 bits per heavy atom. The smallest absolute Gasteiger partial charge is 0.338 e. The number of aryl methyl sites for hydroxylation is 1. The van der Waals surface area contributed by atoms with E-state index >= 15 is 0 Å². The second kappa shape index (κ2) is 8.65. The molecule has 0 saturated heterocycles. The molecule has 2 heterocycles. The van der Waals surface area contributed by atoms with Gasteiger partial charge in [0.2, 0.25) is 0 Å². The molecular formula is C24H21ClN2O3S. The molecule has 0 amide bonds. The van der Waals surface area contributed by atoms with Crippen molar-refractivity contribution in [2.45, 2.75) is 26.8 Å². The van der Waals surface area contributed by atoms with Gasteiger partial charge in [0.25, 0.3) is 5.56 Å². The fourth-order valence-electron chi connectivity index (χ4n) is 3.57. The highest BCUT2D eigenvalue weighted by molar-refractivity contribution is 7.07. The lowest BCUT2D eigenvalue weighted by atomic mass is 9.95. The maximum atomic E-state index is 13.4. The average Bonchev–Trinajstić information content (AvgIpc) is 3.04. The van der Waals surface area contributed by atoms with Crippen LogP contribution in [0.4, 0.5) is 0 Å². The molecule has 0 radical (unpaired) electrons. The van der Waals surface area contributed by atoms with Crippen LogP contribution in [-0.2, 0) is 9.53 Å². The van der Waals surface area contributed by atoms with Crippen LogP contribution in [0.1, 0.15) is 36.6 Å². The van der Waals surface area contributed by atoms with Crippen LogP contribution < -0.4 is 14.9 Å². The van der Waals surface area contributed by atoms with Gasteiger partial charge in [-0.25, -0.2) is 9.79 Å². The number of rotatable bonds is 4. The molecule has 0 bridgehead atoms. The van der Waals surface area contributed by atoms with Crippen molar-refractivity contribution < 1.29 is 9.53 Å². The number of aromatic nitrogens is 1. The van der Waals surface area contributed by atoms with Crippen LogP contribution in [0.15, 0.2) is 69.6 Å². The number of carbonyl (C=O) groups is 1. The molecule has 7 heteroatoms. The monoisotopic (exact) mass is 452 g/mol. The molecule has 0 spiro atoms. The molecule has 1 unspecified atom stereocenters. The average molecular weight is 453 g/mol. The summed E-state index contributed by atoms with van der Waals surface area (Å²) in [4.78, 5) is 31.4. The van der Waals surface area contributed by atoms with Gasteiger partial charge >= 0.3 is 5.97 Å². The molecule has 1 atom stereocenters. The van der Waals surface area contributed by atoms with E-state index in [-0.39, 0.29) is 12.2 Å². The topological polar surface area (TPSA) is 60.7 Å². The Hall–Kier alpha value is -2.96. The largest absolute Gasteiger partial charge is 0.463 e. The first-order valence-electron chi connectivity index (χ1n) is 9.91. The summed E-state index contributed by atoms with van der Waals surface area (Å²) >= 11 is 7.27. The van der Waals surface area contributed by atoms with E-state index in [0.717, 1.165) is 16.7 Å². The van der Waals surface area contributed by atoms with Crippen LogP contribution in [-0.4, -0.2) is 17.1 Å². The Bertz CT molecular complexity index is 1350. The van der Waals surface area contributed by atoms with E-state index in [1.54, 1.807) is 30.5 Å². The Labute approximate surface area is 188 Å². The molecule has 1 aliphatic heterocycles. The normalized spacial score (nSPS) is 16.1. The number of allylic oxidation sites excluding steroid dienone is 1. The number of hydrogen-bond donors (Lipinski definition) is 0. The zero-order valence-electron chi connectivity index (χ0n) is 17.4. The second-order valence-electron chi connectivity index (χ2n) is 7.26. The van der Waals surface area contributed by atoms with Crippen molar-refractivity contribution >= 4 is 35.0 Å². The van der Waals surface area contributed by atoms with Crippen molar-refractivity contribution in [1.29, 1.82) is 0 Å². The molecule has 0 N–H and O–H groups in total. The van der Waals surface area contributed by atoms with Gasteiger partial charge in [0, 0.05) is 5.02 Å². The highest BCUT2D eigenvalue weighted by atomic mass is 35.5. The minimum absolute atomic E-state index is 0.196. The van der Waals surface area contributed by atoms with Gasteiger partial charge in [-0.05, 0) is 50.1 Å². The molecule has 4 rings (SSSR count). The van der Waals surface area contributed by atoms with Crippen molar-refractivity contribution in [3.8, 4) is 0 Å². The number of carbonyl (C=O) groups excluding carboxylic acids is 1. The number of halogens is 1. The Kier molecular flexibility index (Phi) is 5.94. The van der Waals surface area contributed by atoms with E-state index in [2.05, 4.69) is 4.99 Å². The second-order valence-corrected chi connectivity index (χ2v) is 8.71. The third-order valence-electron chi connectivity index (χ3n) is 5.08. The van der Waals surface area contributed by atoms with Gasteiger partial charge in [-0.15, -0.1) is 0 Å². The van der Waals surface area contributed by atoms with Crippen LogP contribution in [0, 0.1) is 6.92 Å². The lowest BCUT2D eigenvalue weighted by molar-refractivity contribution is -0.139. The Morgan fingerprint density at radius 1 is 1.16 bits per heavy atom. The van der Waals surface area contributed by atoms with Crippen LogP contribution in [0.3, 0.4) is 0 Å². The summed E-state index contributed by atoms with van der Waals surface area (Å²) in [6.45, 7) is 5.78. The molecule has 0 fully saturated rings. The number of benzene rings is 2. The number of esters is 1. The van der Waals surface area contributed by atoms with E-state index in [1.807, 2.05) is 49.4 Å². The zero-order valence-corrected chi connectivity index (χ0v) is 19.0. The molecule has 1 aromatic heterocycles. The first-order chi connectivity index (χ1) is 14.9. The maximum Gasteiger partial charge on any atom is 0.338 e. The lowest BCUT2D eigenvalue weighted by Crippen LogP contribution is -2.39. The summed E-state index contributed by atoms with van der Waals surface area (Å²) in [5.41, 5.74) is 3.54. The van der Waals surface area contributed by atoms with Gasteiger partial charge in [0.05, 0.1) is 28.5 Å². The van der Waals surface area contributed by atoms with Gasteiger partial charge in [-0.1, -0.05) is 64.9 Å². The van der Waals surface area contributed by atoms with Crippen molar-refractivity contribution in [2.75, 3.05) is 6.61 Å². The zero-order chi connectivity index (χ0) is 22.1. The predicted octanol–water partition coefficient (Wildman–Crippen LogP) is 3.76. The van der Waals surface area contributed by atoms with Gasteiger partial charge in [0.15, 0.2) is 4.80 Å². The molecule has 0 aliphatic carbocycles. The standard InChI is InChI=1S/C24H21ClN2O3S/c1-4-30-23(29)20-15(3)26-24-27(21(20)17-9-5-14(2)6-10-17)22(28)19(31-24)13-16-7-11-18(25)12-8-16/h5-13,21H,4H2,1-3H3/b19-13-. The molecular weight excluding hydrogens is 432 g/mol. The minimum atomic E-state index is -0.594. The van der Waals surface area contributed by atoms with Gasteiger partial charge < -0.3 is 4.74 Å². The summed E-state index contributed by atoms with van der Waals surface area (Å²) < 4.78 is 7.44. The minimum Gasteiger partial charge on any atom is -0.463 e. The van der Waals surface area contributed by atoms with Crippen LogP contribution in [0.5, 0.6) is 0 Å². The van der Waals surface area contributed by atoms with E-state index < -0.39 is 12.0 Å². The van der Waals surface area contributed by atoms with Crippen molar-refractivity contribution in [2.24, 2.45) is 4.99 Å². The van der Waals surface area contributed by atoms with E-state index in [9.17, 15) is 9.59 Å². The molecule has 158 valence electrons. The lowest BCUT2D eigenvalue weighted by Gasteiger charge is -2.24. The molecule has 31 heavy (non-hydrogen) atoms. The number of ether oxygens (including phenoxy) is 1. The van der Waals surface area contributed by atoms with Gasteiger partial charge in [0.1, 0.15) is 0 Å². The first-order valence-corrected chi connectivity index (χ1v) is 11.1.